The first-order valence-corrected chi connectivity index (χ1v) is 7.83. The zero-order valence-electron chi connectivity index (χ0n) is 11.9. The molecule has 110 valence electrons. The molecule has 0 amide bonds. The zero-order valence-corrected chi connectivity index (χ0v) is 11.9. The van der Waals surface area contributed by atoms with E-state index < -0.39 is 6.08 Å². The Balaban J connectivity index is 1.72. The minimum absolute atomic E-state index is 0.0716. The molecule has 0 radical (unpaired) electrons. The van der Waals surface area contributed by atoms with Gasteiger partial charge in [-0.2, -0.15) is 8.78 Å². The van der Waals surface area contributed by atoms with E-state index in [1.54, 1.807) is 0 Å². The highest BCUT2D eigenvalue weighted by Crippen LogP contribution is 2.37. The van der Waals surface area contributed by atoms with Crippen molar-refractivity contribution in [2.75, 3.05) is 6.61 Å². The van der Waals surface area contributed by atoms with Crippen LogP contribution in [-0.4, -0.2) is 12.7 Å². The summed E-state index contributed by atoms with van der Waals surface area (Å²) in [6.45, 7) is 2.74. The molecule has 2 aliphatic rings. The summed E-state index contributed by atoms with van der Waals surface area (Å²) in [7, 11) is 0. The van der Waals surface area contributed by atoms with Gasteiger partial charge in [-0.15, -0.1) is 0 Å². The van der Waals surface area contributed by atoms with Gasteiger partial charge in [-0.05, 0) is 43.6 Å². The maximum Gasteiger partial charge on any atom is 0.266 e. The van der Waals surface area contributed by atoms with Crippen LogP contribution in [-0.2, 0) is 4.74 Å². The summed E-state index contributed by atoms with van der Waals surface area (Å²) in [5.41, 5.74) is 0. The zero-order chi connectivity index (χ0) is 13.7. The molecule has 2 atom stereocenters. The van der Waals surface area contributed by atoms with Gasteiger partial charge in [-0.25, -0.2) is 0 Å². The molecule has 0 N–H and O–H groups in total. The Bertz CT molecular complexity index is 283. The van der Waals surface area contributed by atoms with Crippen LogP contribution < -0.4 is 0 Å². The molecule has 2 rings (SSSR count). The molecule has 0 aromatic heterocycles. The van der Waals surface area contributed by atoms with Crippen molar-refractivity contribution in [2.45, 2.75) is 64.4 Å². The van der Waals surface area contributed by atoms with Crippen LogP contribution in [0.15, 0.2) is 12.2 Å². The SMILES string of the molecule is CCCC1CCC(C2CCC(C=C(F)F)CO2)CC1. The Labute approximate surface area is 115 Å². The van der Waals surface area contributed by atoms with Crippen molar-refractivity contribution in [1.82, 2.24) is 0 Å². The second-order valence-corrected chi connectivity index (χ2v) is 6.24. The summed E-state index contributed by atoms with van der Waals surface area (Å²) < 4.78 is 30.2. The number of ether oxygens (including phenoxy) is 1. The van der Waals surface area contributed by atoms with E-state index in [4.69, 9.17) is 4.74 Å². The molecule has 0 aromatic carbocycles. The first kappa shape index (κ1) is 15.0. The molecule has 1 aliphatic heterocycles. The van der Waals surface area contributed by atoms with Gasteiger partial charge in [0.15, 0.2) is 0 Å². The third-order valence-corrected chi connectivity index (χ3v) is 4.82. The lowest BCUT2D eigenvalue weighted by atomic mass is 9.76. The second-order valence-electron chi connectivity index (χ2n) is 6.24. The Morgan fingerprint density at radius 1 is 1.11 bits per heavy atom. The van der Waals surface area contributed by atoms with Gasteiger partial charge in [0, 0.05) is 5.92 Å². The average molecular weight is 272 g/mol. The second kappa shape index (κ2) is 7.37. The first-order chi connectivity index (χ1) is 9.19. The van der Waals surface area contributed by atoms with Gasteiger partial charge in [0.05, 0.1) is 12.7 Å². The lowest BCUT2D eigenvalue weighted by molar-refractivity contribution is -0.0498. The minimum atomic E-state index is -1.56. The molecule has 0 aromatic rings. The topological polar surface area (TPSA) is 9.23 Å². The van der Waals surface area contributed by atoms with E-state index in [0.717, 1.165) is 24.8 Å². The van der Waals surface area contributed by atoms with Crippen molar-refractivity contribution in [3.8, 4) is 0 Å². The lowest BCUT2D eigenvalue weighted by Gasteiger charge is -2.37. The first-order valence-electron chi connectivity index (χ1n) is 7.83. The molecule has 2 fully saturated rings. The summed E-state index contributed by atoms with van der Waals surface area (Å²) in [5, 5.41) is 0. The van der Waals surface area contributed by atoms with Crippen molar-refractivity contribution in [3.63, 3.8) is 0 Å². The van der Waals surface area contributed by atoms with Crippen LogP contribution in [0.25, 0.3) is 0 Å². The maximum absolute atomic E-state index is 12.2. The number of halogens is 2. The van der Waals surface area contributed by atoms with Crippen molar-refractivity contribution in [2.24, 2.45) is 17.8 Å². The van der Waals surface area contributed by atoms with Crippen LogP contribution in [0.1, 0.15) is 58.3 Å². The Kier molecular flexibility index (Phi) is 5.80. The molecular formula is C16H26F2O. The van der Waals surface area contributed by atoms with Gasteiger partial charge in [-0.1, -0.05) is 32.6 Å². The minimum Gasteiger partial charge on any atom is -0.377 e. The van der Waals surface area contributed by atoms with Crippen LogP contribution in [0.3, 0.4) is 0 Å². The van der Waals surface area contributed by atoms with E-state index in [-0.39, 0.29) is 5.92 Å². The van der Waals surface area contributed by atoms with Crippen LogP contribution in [0.4, 0.5) is 8.78 Å². The van der Waals surface area contributed by atoms with Gasteiger partial charge < -0.3 is 4.74 Å². The van der Waals surface area contributed by atoms with E-state index >= 15 is 0 Å². The number of hydrogen-bond acceptors (Lipinski definition) is 1. The molecule has 0 bridgehead atoms. The summed E-state index contributed by atoms with van der Waals surface area (Å²) in [5.74, 6) is 1.52. The van der Waals surface area contributed by atoms with Gasteiger partial charge in [0.1, 0.15) is 0 Å². The van der Waals surface area contributed by atoms with E-state index in [0.29, 0.717) is 18.6 Å². The smallest absolute Gasteiger partial charge is 0.266 e. The summed E-state index contributed by atoms with van der Waals surface area (Å²) in [6, 6.07) is 0. The predicted octanol–water partition coefficient (Wildman–Crippen LogP) is 5.17. The fourth-order valence-corrected chi connectivity index (χ4v) is 3.73. The molecule has 1 aliphatic carbocycles. The highest BCUT2D eigenvalue weighted by molar-refractivity contribution is 4.91. The molecule has 1 saturated carbocycles. The highest BCUT2D eigenvalue weighted by atomic mass is 19.3. The lowest BCUT2D eigenvalue weighted by Crippen LogP contribution is -2.33. The van der Waals surface area contributed by atoms with Crippen molar-refractivity contribution in [3.05, 3.63) is 12.2 Å². The quantitative estimate of drug-likeness (QED) is 0.686. The van der Waals surface area contributed by atoms with E-state index in [2.05, 4.69) is 6.92 Å². The standard InChI is InChI=1S/C16H26F2O/c1-2-3-12-4-7-14(8-5-12)15-9-6-13(11-19-15)10-16(17)18/h10,12-15H,2-9,11H2,1H3. The molecule has 1 saturated heterocycles. The van der Waals surface area contributed by atoms with Crippen LogP contribution in [0, 0.1) is 17.8 Å². The fourth-order valence-electron chi connectivity index (χ4n) is 3.73. The van der Waals surface area contributed by atoms with Crippen molar-refractivity contribution in [1.29, 1.82) is 0 Å². The Morgan fingerprint density at radius 3 is 2.37 bits per heavy atom. The van der Waals surface area contributed by atoms with Gasteiger partial charge >= 0.3 is 0 Å². The van der Waals surface area contributed by atoms with Crippen molar-refractivity contribution < 1.29 is 13.5 Å². The summed E-state index contributed by atoms with van der Waals surface area (Å²) in [6.07, 6.45) is 9.51. The molecule has 19 heavy (non-hydrogen) atoms. The predicted molar refractivity (Wildman–Crippen MR) is 73.1 cm³/mol. The number of hydrogen-bond donors (Lipinski definition) is 0. The molecule has 2 unspecified atom stereocenters. The monoisotopic (exact) mass is 272 g/mol. The van der Waals surface area contributed by atoms with Crippen LogP contribution in [0.2, 0.25) is 0 Å². The molecule has 0 spiro atoms. The Hall–Kier alpha value is -0.440. The normalized spacial score (nSPS) is 35.9. The van der Waals surface area contributed by atoms with Gasteiger partial charge in [0.25, 0.3) is 6.08 Å². The number of rotatable bonds is 4. The molecular weight excluding hydrogens is 246 g/mol. The van der Waals surface area contributed by atoms with Gasteiger partial charge in [0.2, 0.25) is 0 Å². The molecule has 1 heterocycles. The van der Waals surface area contributed by atoms with Crippen LogP contribution in [0.5, 0.6) is 0 Å². The van der Waals surface area contributed by atoms with Crippen LogP contribution >= 0.6 is 0 Å². The third kappa shape index (κ3) is 4.55. The van der Waals surface area contributed by atoms with E-state index in [1.807, 2.05) is 0 Å². The molecule has 3 heteroatoms. The van der Waals surface area contributed by atoms with E-state index in [9.17, 15) is 8.78 Å². The van der Waals surface area contributed by atoms with E-state index in [1.165, 1.54) is 38.5 Å². The molecule has 1 nitrogen and oxygen atoms in total. The highest BCUT2D eigenvalue weighted by Gasteiger charge is 2.31. The van der Waals surface area contributed by atoms with Crippen molar-refractivity contribution >= 4 is 0 Å². The third-order valence-electron chi connectivity index (χ3n) is 4.82. The Morgan fingerprint density at radius 2 is 1.84 bits per heavy atom. The largest absolute Gasteiger partial charge is 0.377 e. The summed E-state index contributed by atoms with van der Waals surface area (Å²) >= 11 is 0. The maximum atomic E-state index is 12.2. The summed E-state index contributed by atoms with van der Waals surface area (Å²) in [4.78, 5) is 0. The fraction of sp³-hybridized carbons (Fsp3) is 0.875. The average Bonchev–Trinajstić information content (AvgIpc) is 2.40. The van der Waals surface area contributed by atoms with Gasteiger partial charge in [-0.3, -0.25) is 0 Å².